The number of hydrogen-bond acceptors (Lipinski definition) is 7. The molecule has 2 aliphatic carbocycles. The van der Waals surface area contributed by atoms with Crippen molar-refractivity contribution in [2.75, 3.05) is 0 Å². The average molecular weight is 533 g/mol. The summed E-state index contributed by atoms with van der Waals surface area (Å²) in [6, 6.07) is 9.61. The molecule has 0 saturated heterocycles. The molecule has 0 radical (unpaired) electrons. The number of allylic oxidation sites excluding steroid dienone is 1. The van der Waals surface area contributed by atoms with Gasteiger partial charge in [-0.3, -0.25) is 9.78 Å². The number of aryl methyl sites for hydroxylation is 2. The lowest BCUT2D eigenvalue weighted by Gasteiger charge is -2.43. The van der Waals surface area contributed by atoms with Gasteiger partial charge < -0.3 is 0 Å². The molecule has 9 nitrogen and oxygen atoms in total. The number of benzene rings is 1. The van der Waals surface area contributed by atoms with Crippen LogP contribution in [0.1, 0.15) is 46.6 Å². The van der Waals surface area contributed by atoms with Crippen LogP contribution in [0.3, 0.4) is 0 Å². The van der Waals surface area contributed by atoms with E-state index in [4.69, 9.17) is 0 Å². The molecule has 194 valence electrons. The maximum atomic E-state index is 14.3. The predicted molar refractivity (Wildman–Crippen MR) is 137 cm³/mol. The molecule has 6 rings (SSSR count). The maximum absolute atomic E-state index is 14.3. The van der Waals surface area contributed by atoms with Gasteiger partial charge in [0.05, 0.1) is 28.2 Å². The van der Waals surface area contributed by atoms with Crippen LogP contribution in [0.4, 0.5) is 4.39 Å². The summed E-state index contributed by atoms with van der Waals surface area (Å²) in [5, 5.41) is 7.56. The summed E-state index contributed by atoms with van der Waals surface area (Å²) in [6.45, 7) is 1.89. The summed E-state index contributed by atoms with van der Waals surface area (Å²) in [5.41, 5.74) is 3.28. The minimum absolute atomic E-state index is 0.101. The molecular weight excluding hydrogens is 507 g/mol. The Hall–Kier alpha value is -3.99. The number of pyridine rings is 1. The van der Waals surface area contributed by atoms with Crippen molar-refractivity contribution >= 4 is 21.7 Å². The van der Waals surface area contributed by atoms with Crippen LogP contribution >= 0.6 is 0 Å². The molecule has 3 aromatic heterocycles. The van der Waals surface area contributed by atoms with Gasteiger partial charge in [0.25, 0.3) is 0 Å². The highest BCUT2D eigenvalue weighted by Gasteiger charge is 2.52. The van der Waals surface area contributed by atoms with Crippen LogP contribution in [0.2, 0.25) is 0 Å². The SMILES string of the molecule is Cc1ccnc(C(=O)[C@]23Cc4cnn(-c5ccc(F)cc5)c4C=C2CC[C@H](S(=O)(=O)c2ncnn2C)C3)c1. The van der Waals surface area contributed by atoms with Gasteiger partial charge in [-0.2, -0.15) is 10.2 Å². The van der Waals surface area contributed by atoms with E-state index in [0.717, 1.165) is 22.4 Å². The second-order valence-corrected chi connectivity index (χ2v) is 12.1. The Morgan fingerprint density at radius 2 is 1.92 bits per heavy atom. The third kappa shape index (κ3) is 3.80. The van der Waals surface area contributed by atoms with E-state index in [1.807, 2.05) is 19.1 Å². The number of rotatable bonds is 5. The predicted octanol–water partition coefficient (Wildman–Crippen LogP) is 3.68. The van der Waals surface area contributed by atoms with Gasteiger partial charge in [0, 0.05) is 13.2 Å². The first-order valence-electron chi connectivity index (χ1n) is 12.3. The molecule has 0 aliphatic heterocycles. The fourth-order valence-electron chi connectivity index (χ4n) is 5.72. The van der Waals surface area contributed by atoms with Crippen LogP contribution in [-0.2, 0) is 23.3 Å². The van der Waals surface area contributed by atoms with E-state index in [2.05, 4.69) is 20.2 Å². The molecule has 2 aliphatic rings. The zero-order valence-corrected chi connectivity index (χ0v) is 21.7. The molecular formula is C27H25FN6O3S. The summed E-state index contributed by atoms with van der Waals surface area (Å²) >= 11 is 0. The first kappa shape index (κ1) is 24.4. The molecule has 1 fully saturated rings. The van der Waals surface area contributed by atoms with Gasteiger partial charge >= 0.3 is 0 Å². The van der Waals surface area contributed by atoms with Gasteiger partial charge in [-0.05, 0) is 86.2 Å². The normalized spacial score (nSPS) is 20.9. The largest absolute Gasteiger partial charge is 0.291 e. The third-order valence-corrected chi connectivity index (χ3v) is 9.79. The van der Waals surface area contributed by atoms with Crippen molar-refractivity contribution in [3.05, 3.63) is 89.0 Å². The van der Waals surface area contributed by atoms with Crippen molar-refractivity contribution in [3.63, 3.8) is 0 Å². The molecule has 0 spiro atoms. The molecule has 0 bridgehead atoms. The number of halogens is 1. The topological polar surface area (TPSA) is 113 Å². The molecule has 1 aromatic carbocycles. The molecule has 3 heterocycles. The zero-order chi connectivity index (χ0) is 26.7. The lowest BCUT2D eigenvalue weighted by atomic mass is 9.61. The number of sulfone groups is 1. The second-order valence-electron chi connectivity index (χ2n) is 10.00. The Balaban J connectivity index is 1.47. The number of nitrogens with zero attached hydrogens (tertiary/aromatic N) is 6. The smallest absolute Gasteiger partial charge is 0.245 e. The fourth-order valence-corrected chi connectivity index (χ4v) is 7.55. The van der Waals surface area contributed by atoms with Gasteiger partial charge in [-0.25, -0.2) is 27.2 Å². The lowest BCUT2D eigenvalue weighted by Crippen LogP contribution is -2.46. The van der Waals surface area contributed by atoms with Crippen molar-refractivity contribution < 1.29 is 17.6 Å². The maximum Gasteiger partial charge on any atom is 0.245 e. The average Bonchev–Trinajstić information content (AvgIpc) is 3.53. The van der Waals surface area contributed by atoms with E-state index in [1.165, 1.54) is 23.1 Å². The van der Waals surface area contributed by atoms with Crippen LogP contribution < -0.4 is 0 Å². The van der Waals surface area contributed by atoms with E-state index in [0.29, 0.717) is 24.2 Å². The molecule has 4 aromatic rings. The van der Waals surface area contributed by atoms with Crippen LogP contribution in [0.25, 0.3) is 11.8 Å². The van der Waals surface area contributed by atoms with Gasteiger partial charge in [0.15, 0.2) is 5.78 Å². The van der Waals surface area contributed by atoms with E-state index in [9.17, 15) is 17.6 Å². The Kier molecular flexibility index (Phi) is 5.64. The molecule has 0 amide bonds. The number of fused-ring (bicyclic) bond motifs is 2. The van der Waals surface area contributed by atoms with E-state index in [-0.39, 0.29) is 29.6 Å². The van der Waals surface area contributed by atoms with Gasteiger partial charge in [0.1, 0.15) is 17.8 Å². The Labute approximate surface area is 219 Å². The van der Waals surface area contributed by atoms with E-state index < -0.39 is 20.5 Å². The highest BCUT2D eigenvalue weighted by atomic mass is 32.2. The summed E-state index contributed by atoms with van der Waals surface area (Å²) in [5.74, 6) is -0.545. The molecule has 11 heteroatoms. The fraction of sp³-hybridized carbons (Fsp3) is 0.296. The van der Waals surface area contributed by atoms with Crippen molar-refractivity contribution in [3.8, 4) is 5.69 Å². The number of aromatic nitrogens is 6. The minimum Gasteiger partial charge on any atom is -0.291 e. The Morgan fingerprint density at radius 3 is 2.63 bits per heavy atom. The van der Waals surface area contributed by atoms with Crippen LogP contribution in [0.5, 0.6) is 0 Å². The lowest BCUT2D eigenvalue weighted by molar-refractivity contribution is 0.0796. The third-order valence-electron chi connectivity index (χ3n) is 7.63. The van der Waals surface area contributed by atoms with Crippen molar-refractivity contribution in [1.29, 1.82) is 0 Å². The Bertz CT molecular complexity index is 1710. The van der Waals surface area contributed by atoms with E-state index >= 15 is 0 Å². The first-order chi connectivity index (χ1) is 18.2. The standard InChI is InChI=1S/C27H25FN6O3S/c1-17-9-10-29-23(11-17)25(35)27-13-18-15-31-34(21-6-4-20(28)5-7-21)24(18)12-19(27)3-8-22(14-27)38(36,37)26-30-16-32-33(26)2/h4-7,9-12,15-16,22H,3,8,13-14H2,1-2H3/t22-,27-/m0/s1. The highest BCUT2D eigenvalue weighted by Crippen LogP contribution is 2.51. The Morgan fingerprint density at radius 1 is 1.13 bits per heavy atom. The number of carbonyl (C=O) groups excluding carboxylic acids is 1. The summed E-state index contributed by atoms with van der Waals surface area (Å²) in [4.78, 5) is 22.6. The first-order valence-corrected chi connectivity index (χ1v) is 13.8. The summed E-state index contributed by atoms with van der Waals surface area (Å²) < 4.78 is 43.8. The van der Waals surface area contributed by atoms with E-state index in [1.54, 1.807) is 42.3 Å². The number of carbonyl (C=O) groups is 1. The monoisotopic (exact) mass is 532 g/mol. The molecule has 2 atom stereocenters. The molecule has 0 unspecified atom stereocenters. The van der Waals surface area contributed by atoms with Crippen molar-refractivity contribution in [2.45, 2.75) is 43.0 Å². The van der Waals surface area contributed by atoms with Crippen LogP contribution in [0.15, 0.2) is 65.8 Å². The summed E-state index contributed by atoms with van der Waals surface area (Å²) in [6.07, 6.45) is 7.61. The zero-order valence-electron chi connectivity index (χ0n) is 20.9. The minimum atomic E-state index is -3.85. The quantitative estimate of drug-likeness (QED) is 0.360. The van der Waals surface area contributed by atoms with Gasteiger partial charge in [-0.15, -0.1) is 0 Å². The molecule has 1 saturated carbocycles. The highest BCUT2D eigenvalue weighted by molar-refractivity contribution is 7.91. The van der Waals surface area contributed by atoms with Gasteiger partial charge in [-0.1, -0.05) is 5.57 Å². The number of hydrogen-bond donors (Lipinski definition) is 0. The van der Waals surface area contributed by atoms with Gasteiger partial charge in [0.2, 0.25) is 15.0 Å². The van der Waals surface area contributed by atoms with Crippen LogP contribution in [-0.4, -0.2) is 49.0 Å². The molecule has 0 N–H and O–H groups in total. The number of Topliss-reactive ketones (excluding diaryl/α,β-unsaturated/α-hetero) is 1. The van der Waals surface area contributed by atoms with Crippen molar-refractivity contribution in [1.82, 2.24) is 29.5 Å². The summed E-state index contributed by atoms with van der Waals surface area (Å²) in [7, 11) is -2.30. The second kappa shape index (κ2) is 8.80. The number of ketones is 1. The van der Waals surface area contributed by atoms with Crippen LogP contribution in [0, 0.1) is 18.2 Å². The molecule has 38 heavy (non-hydrogen) atoms. The van der Waals surface area contributed by atoms with Crippen molar-refractivity contribution in [2.24, 2.45) is 12.5 Å².